The van der Waals surface area contributed by atoms with Crippen molar-refractivity contribution in [1.82, 2.24) is 4.90 Å². The number of nitrogens with zero attached hydrogens (tertiary/aromatic N) is 2. The van der Waals surface area contributed by atoms with Crippen LogP contribution >= 0.6 is 0 Å². The first-order valence-corrected chi connectivity index (χ1v) is 9.02. The number of carbonyl (C=O) groups excluding carboxylic acids is 3. The molecule has 0 spiro atoms. The van der Waals surface area contributed by atoms with Crippen LogP contribution in [0.1, 0.15) is 28.8 Å². The number of benzene rings is 2. The highest BCUT2D eigenvalue weighted by molar-refractivity contribution is 6.00. The summed E-state index contributed by atoms with van der Waals surface area (Å²) in [6.45, 7) is 0.0848. The zero-order valence-electron chi connectivity index (χ0n) is 15.5. The fourth-order valence-electron chi connectivity index (χ4n) is 2.96. The summed E-state index contributed by atoms with van der Waals surface area (Å²) < 4.78 is 5.03. The Labute approximate surface area is 166 Å². The third kappa shape index (κ3) is 4.95. The van der Waals surface area contributed by atoms with Gasteiger partial charge in [-0.15, -0.1) is 0 Å². The van der Waals surface area contributed by atoms with Crippen molar-refractivity contribution >= 4 is 29.2 Å². The number of anilines is 1. The van der Waals surface area contributed by atoms with Gasteiger partial charge in [-0.1, -0.05) is 30.3 Å². The average molecular weight is 397 g/mol. The largest absolute Gasteiger partial charge is 0.452 e. The van der Waals surface area contributed by atoms with Gasteiger partial charge in [0.1, 0.15) is 0 Å². The fourth-order valence-corrected chi connectivity index (χ4v) is 2.96. The number of esters is 1. The van der Waals surface area contributed by atoms with E-state index in [0.717, 1.165) is 16.5 Å². The smallest absolute Gasteiger partial charge is 0.341 e. The number of likely N-dealkylation sites (tertiary alicyclic amines) is 1. The third-order valence-corrected chi connectivity index (χ3v) is 4.46. The maximum Gasteiger partial charge on any atom is 0.341 e. The molecule has 0 radical (unpaired) electrons. The summed E-state index contributed by atoms with van der Waals surface area (Å²) in [5, 5.41) is 14.1. The minimum Gasteiger partial charge on any atom is -0.452 e. The van der Waals surface area contributed by atoms with E-state index < -0.39 is 23.4 Å². The van der Waals surface area contributed by atoms with Gasteiger partial charge in [0.05, 0.1) is 10.5 Å². The Morgan fingerprint density at radius 1 is 1.17 bits per heavy atom. The Hall–Kier alpha value is -3.75. The van der Waals surface area contributed by atoms with Gasteiger partial charge in [-0.2, -0.15) is 0 Å². The molecule has 1 fully saturated rings. The molecular formula is C20H19N3O6. The highest BCUT2D eigenvalue weighted by Crippen LogP contribution is 2.24. The Balaban J connectivity index is 1.73. The van der Waals surface area contributed by atoms with E-state index in [2.05, 4.69) is 5.32 Å². The van der Waals surface area contributed by atoms with Crippen LogP contribution in [0.15, 0.2) is 48.5 Å². The van der Waals surface area contributed by atoms with Crippen molar-refractivity contribution < 1.29 is 24.0 Å². The number of imide groups is 1. The van der Waals surface area contributed by atoms with E-state index >= 15 is 0 Å². The van der Waals surface area contributed by atoms with Crippen molar-refractivity contribution in [2.24, 2.45) is 0 Å². The predicted octanol–water partition coefficient (Wildman–Crippen LogP) is 2.51. The van der Waals surface area contributed by atoms with Crippen LogP contribution in [0.5, 0.6) is 0 Å². The minimum absolute atomic E-state index is 0.0596. The lowest BCUT2D eigenvalue weighted by Crippen LogP contribution is -2.35. The van der Waals surface area contributed by atoms with Crippen LogP contribution in [0.3, 0.4) is 0 Å². The third-order valence-electron chi connectivity index (χ3n) is 4.46. The SMILES string of the molecule is O=C(OCC(=O)N1CCCC1=O)c1cc([N+](=O)[O-])ccc1NCc1ccccc1. The molecule has 0 atom stereocenters. The maximum atomic E-state index is 12.5. The van der Waals surface area contributed by atoms with Gasteiger partial charge in [-0.3, -0.25) is 24.6 Å². The van der Waals surface area contributed by atoms with Gasteiger partial charge in [0, 0.05) is 37.3 Å². The molecule has 1 N–H and O–H groups in total. The molecule has 0 aliphatic carbocycles. The van der Waals surface area contributed by atoms with E-state index in [-0.39, 0.29) is 23.6 Å². The predicted molar refractivity (Wildman–Crippen MR) is 103 cm³/mol. The molecular weight excluding hydrogens is 378 g/mol. The number of ether oxygens (including phenoxy) is 1. The quantitative estimate of drug-likeness (QED) is 0.433. The first kappa shape index (κ1) is 20.0. The second-order valence-corrected chi connectivity index (χ2v) is 6.44. The van der Waals surface area contributed by atoms with Crippen LogP contribution in [-0.4, -0.2) is 40.8 Å². The second-order valence-electron chi connectivity index (χ2n) is 6.44. The number of amides is 2. The van der Waals surface area contributed by atoms with Crippen molar-refractivity contribution in [2.45, 2.75) is 19.4 Å². The Kier molecular flexibility index (Phi) is 6.18. The number of nitrogens with one attached hydrogen (secondary N) is 1. The normalized spacial score (nSPS) is 13.2. The molecule has 3 rings (SSSR count). The van der Waals surface area contributed by atoms with Crippen LogP contribution in [0.2, 0.25) is 0 Å². The van der Waals surface area contributed by atoms with Gasteiger partial charge in [-0.25, -0.2) is 4.79 Å². The van der Waals surface area contributed by atoms with Gasteiger partial charge in [0.15, 0.2) is 6.61 Å². The van der Waals surface area contributed by atoms with Crippen molar-refractivity contribution in [3.8, 4) is 0 Å². The van der Waals surface area contributed by atoms with Crippen LogP contribution < -0.4 is 5.32 Å². The van der Waals surface area contributed by atoms with Gasteiger partial charge in [0.25, 0.3) is 11.6 Å². The molecule has 29 heavy (non-hydrogen) atoms. The number of hydrogen-bond acceptors (Lipinski definition) is 7. The summed E-state index contributed by atoms with van der Waals surface area (Å²) in [7, 11) is 0. The van der Waals surface area contributed by atoms with Gasteiger partial charge < -0.3 is 10.1 Å². The molecule has 2 amide bonds. The molecule has 0 bridgehead atoms. The van der Waals surface area contributed by atoms with Gasteiger partial charge >= 0.3 is 5.97 Å². The number of nitro groups is 1. The first-order valence-electron chi connectivity index (χ1n) is 9.02. The summed E-state index contributed by atoms with van der Waals surface area (Å²) in [5.41, 5.74) is 0.959. The summed E-state index contributed by atoms with van der Waals surface area (Å²) in [6, 6.07) is 13.2. The molecule has 2 aromatic carbocycles. The van der Waals surface area contributed by atoms with E-state index in [4.69, 9.17) is 4.74 Å². The van der Waals surface area contributed by atoms with Crippen LogP contribution in [0, 0.1) is 10.1 Å². The Morgan fingerprint density at radius 2 is 1.93 bits per heavy atom. The van der Waals surface area contributed by atoms with Crippen molar-refractivity contribution in [3.05, 3.63) is 69.8 Å². The Bertz CT molecular complexity index is 944. The average Bonchev–Trinajstić information content (AvgIpc) is 3.16. The van der Waals surface area contributed by atoms with Gasteiger partial charge in [-0.05, 0) is 18.1 Å². The maximum absolute atomic E-state index is 12.5. The number of rotatable bonds is 7. The minimum atomic E-state index is -0.885. The summed E-state index contributed by atoms with van der Waals surface area (Å²) >= 11 is 0. The highest BCUT2D eigenvalue weighted by Gasteiger charge is 2.27. The molecule has 0 unspecified atom stereocenters. The lowest BCUT2D eigenvalue weighted by atomic mass is 10.1. The van der Waals surface area contributed by atoms with Crippen LogP contribution in [0.25, 0.3) is 0 Å². The molecule has 0 saturated carbocycles. The number of hydrogen-bond donors (Lipinski definition) is 1. The molecule has 0 aromatic heterocycles. The lowest BCUT2D eigenvalue weighted by molar-refractivity contribution is -0.384. The second kappa shape index (κ2) is 8.96. The highest BCUT2D eigenvalue weighted by atomic mass is 16.6. The van der Waals surface area contributed by atoms with Crippen LogP contribution in [0.4, 0.5) is 11.4 Å². The molecule has 9 heteroatoms. The number of nitro benzene ring substituents is 1. The van der Waals surface area contributed by atoms with Crippen LogP contribution in [-0.2, 0) is 20.9 Å². The summed E-state index contributed by atoms with van der Waals surface area (Å²) in [6.07, 6.45) is 0.870. The standard InChI is InChI=1S/C20H19N3O6/c24-18-7-4-10-22(18)19(25)13-29-20(26)16-11-15(23(27)28)8-9-17(16)21-12-14-5-2-1-3-6-14/h1-3,5-6,8-9,11,21H,4,7,10,12-13H2. The van der Waals surface area contributed by atoms with Crippen molar-refractivity contribution in [1.29, 1.82) is 0 Å². The molecule has 1 heterocycles. The van der Waals surface area contributed by atoms with E-state index in [1.54, 1.807) is 0 Å². The lowest BCUT2D eigenvalue weighted by Gasteiger charge is -2.15. The van der Waals surface area contributed by atoms with E-state index in [0.29, 0.717) is 25.2 Å². The Morgan fingerprint density at radius 3 is 2.59 bits per heavy atom. The molecule has 150 valence electrons. The van der Waals surface area contributed by atoms with Gasteiger partial charge in [0.2, 0.25) is 5.91 Å². The molecule has 2 aromatic rings. The number of non-ortho nitro benzene ring substituents is 1. The molecule has 9 nitrogen and oxygen atoms in total. The zero-order valence-corrected chi connectivity index (χ0v) is 15.5. The number of carbonyl (C=O) groups is 3. The molecule has 1 aliphatic heterocycles. The fraction of sp³-hybridized carbons (Fsp3) is 0.250. The first-order chi connectivity index (χ1) is 14.0. The van der Waals surface area contributed by atoms with E-state index in [9.17, 15) is 24.5 Å². The summed E-state index contributed by atoms with van der Waals surface area (Å²) in [5.74, 6) is -1.79. The van der Waals surface area contributed by atoms with Crippen molar-refractivity contribution in [3.63, 3.8) is 0 Å². The topological polar surface area (TPSA) is 119 Å². The van der Waals surface area contributed by atoms with E-state index in [1.807, 2.05) is 30.3 Å². The zero-order chi connectivity index (χ0) is 20.8. The van der Waals surface area contributed by atoms with E-state index in [1.165, 1.54) is 12.1 Å². The molecule has 1 aliphatic rings. The summed E-state index contributed by atoms with van der Waals surface area (Å²) in [4.78, 5) is 47.7. The monoisotopic (exact) mass is 397 g/mol. The van der Waals surface area contributed by atoms with Crippen molar-refractivity contribution in [2.75, 3.05) is 18.5 Å². The molecule has 1 saturated heterocycles.